The first-order valence-electron chi connectivity index (χ1n) is 7.13. The summed E-state index contributed by atoms with van der Waals surface area (Å²) in [7, 11) is 1.45. The van der Waals surface area contributed by atoms with Gasteiger partial charge in [0.25, 0.3) is 0 Å². The second-order valence-electron chi connectivity index (χ2n) is 5.20. The van der Waals surface area contributed by atoms with E-state index >= 15 is 0 Å². The Morgan fingerprint density at radius 2 is 2.16 bits per heavy atom. The molecule has 1 unspecified atom stereocenters. The molecule has 19 heavy (non-hydrogen) atoms. The van der Waals surface area contributed by atoms with Crippen LogP contribution in [0.4, 0.5) is 0 Å². The number of carbonyl (C=O) groups excluding carboxylic acids is 1. The van der Waals surface area contributed by atoms with E-state index in [1.54, 1.807) is 0 Å². The number of nitrogens with one attached hydrogen (secondary N) is 1. The van der Waals surface area contributed by atoms with Crippen LogP contribution in [0.2, 0.25) is 0 Å². The summed E-state index contributed by atoms with van der Waals surface area (Å²) in [6.07, 6.45) is 5.01. The molecule has 3 nitrogen and oxygen atoms in total. The maximum Gasteiger partial charge on any atom is 0.307 e. The lowest BCUT2D eigenvalue weighted by Gasteiger charge is -2.17. The Kier molecular flexibility index (Phi) is 4.97. The summed E-state index contributed by atoms with van der Waals surface area (Å²) >= 11 is 0. The average molecular weight is 261 g/mol. The zero-order chi connectivity index (χ0) is 13.7. The van der Waals surface area contributed by atoms with Gasteiger partial charge in [0.1, 0.15) is 0 Å². The molecule has 1 atom stereocenters. The van der Waals surface area contributed by atoms with Crippen LogP contribution >= 0.6 is 0 Å². The number of benzene rings is 1. The molecule has 104 valence electrons. The molecule has 0 spiro atoms. The number of esters is 1. The third kappa shape index (κ3) is 3.80. The van der Waals surface area contributed by atoms with E-state index < -0.39 is 0 Å². The Labute approximate surface area is 115 Å². The molecule has 0 saturated carbocycles. The minimum absolute atomic E-state index is 0.146. The molecule has 0 amide bonds. The van der Waals surface area contributed by atoms with Crippen molar-refractivity contribution in [3.63, 3.8) is 0 Å². The van der Waals surface area contributed by atoms with E-state index in [9.17, 15) is 4.79 Å². The van der Waals surface area contributed by atoms with Crippen LogP contribution < -0.4 is 5.32 Å². The number of fused-ring (bicyclic) bond motifs is 1. The van der Waals surface area contributed by atoms with Gasteiger partial charge in [0.2, 0.25) is 0 Å². The van der Waals surface area contributed by atoms with Crippen molar-refractivity contribution in [3.05, 3.63) is 34.9 Å². The van der Waals surface area contributed by atoms with E-state index in [1.807, 2.05) is 0 Å². The molecule has 1 aliphatic carbocycles. The summed E-state index contributed by atoms with van der Waals surface area (Å²) in [5.41, 5.74) is 4.30. The minimum atomic E-state index is -0.146. The molecular formula is C16H23NO2. The van der Waals surface area contributed by atoms with Gasteiger partial charge in [-0.15, -0.1) is 0 Å². The van der Waals surface area contributed by atoms with Crippen molar-refractivity contribution in [1.29, 1.82) is 0 Å². The fourth-order valence-corrected chi connectivity index (χ4v) is 2.83. The van der Waals surface area contributed by atoms with E-state index in [1.165, 1.54) is 43.1 Å². The predicted octanol–water partition coefficient (Wildman–Crippen LogP) is 2.26. The Balaban J connectivity index is 2.01. The Bertz CT molecular complexity index is 442. The molecule has 2 rings (SSSR count). The van der Waals surface area contributed by atoms with Gasteiger partial charge in [-0.25, -0.2) is 0 Å². The number of ether oxygens (including phenoxy) is 1. The van der Waals surface area contributed by atoms with Crippen molar-refractivity contribution in [2.24, 2.45) is 0 Å². The highest BCUT2D eigenvalue weighted by atomic mass is 16.5. The molecule has 0 saturated heterocycles. The van der Waals surface area contributed by atoms with E-state index in [-0.39, 0.29) is 12.0 Å². The summed E-state index contributed by atoms with van der Waals surface area (Å²) in [4.78, 5) is 11.4. The monoisotopic (exact) mass is 261 g/mol. The molecular weight excluding hydrogens is 238 g/mol. The Morgan fingerprint density at radius 1 is 1.37 bits per heavy atom. The first-order valence-corrected chi connectivity index (χ1v) is 7.13. The van der Waals surface area contributed by atoms with Gasteiger partial charge in [0.15, 0.2) is 0 Å². The van der Waals surface area contributed by atoms with E-state index in [0.29, 0.717) is 6.42 Å². The maximum atomic E-state index is 11.4. The Morgan fingerprint density at radius 3 is 2.89 bits per heavy atom. The second kappa shape index (κ2) is 6.71. The van der Waals surface area contributed by atoms with Crippen LogP contribution in [0.3, 0.4) is 0 Å². The first kappa shape index (κ1) is 14.1. The normalized spacial score (nSPS) is 15.1. The van der Waals surface area contributed by atoms with Crippen molar-refractivity contribution >= 4 is 5.97 Å². The van der Waals surface area contributed by atoms with E-state index in [4.69, 9.17) is 4.74 Å². The van der Waals surface area contributed by atoms with Gasteiger partial charge in [-0.2, -0.15) is 0 Å². The molecule has 0 heterocycles. The third-order valence-electron chi connectivity index (χ3n) is 3.78. The van der Waals surface area contributed by atoms with Crippen LogP contribution in [0, 0.1) is 0 Å². The van der Waals surface area contributed by atoms with Crippen molar-refractivity contribution in [2.75, 3.05) is 13.7 Å². The lowest BCUT2D eigenvalue weighted by atomic mass is 9.99. The van der Waals surface area contributed by atoms with Crippen LogP contribution in [0.5, 0.6) is 0 Å². The van der Waals surface area contributed by atoms with Crippen LogP contribution in [0.1, 0.15) is 36.5 Å². The topological polar surface area (TPSA) is 38.3 Å². The largest absolute Gasteiger partial charge is 0.469 e. The standard InChI is InChI=1S/C16H23NO2/c1-3-17-15(11-16(18)19-2)10-12-7-8-13-5-4-6-14(13)9-12/h7-9,15,17H,3-6,10-11H2,1-2H3. The van der Waals surface area contributed by atoms with Crippen LogP contribution in [-0.2, 0) is 28.8 Å². The fraction of sp³-hybridized carbons (Fsp3) is 0.562. The average Bonchev–Trinajstić information content (AvgIpc) is 2.86. The van der Waals surface area contributed by atoms with Gasteiger partial charge in [-0.1, -0.05) is 25.1 Å². The van der Waals surface area contributed by atoms with Crippen molar-refractivity contribution in [1.82, 2.24) is 5.32 Å². The maximum absolute atomic E-state index is 11.4. The number of carbonyl (C=O) groups is 1. The van der Waals surface area contributed by atoms with E-state index in [2.05, 4.69) is 30.4 Å². The zero-order valence-electron chi connectivity index (χ0n) is 11.9. The van der Waals surface area contributed by atoms with Gasteiger partial charge < -0.3 is 10.1 Å². The van der Waals surface area contributed by atoms with Gasteiger partial charge >= 0.3 is 5.97 Å². The molecule has 1 aromatic rings. The zero-order valence-corrected chi connectivity index (χ0v) is 11.9. The quantitative estimate of drug-likeness (QED) is 0.798. The lowest BCUT2D eigenvalue weighted by molar-refractivity contribution is -0.141. The molecule has 1 N–H and O–H groups in total. The summed E-state index contributed by atoms with van der Waals surface area (Å²) in [5, 5.41) is 3.36. The molecule has 1 aromatic carbocycles. The third-order valence-corrected chi connectivity index (χ3v) is 3.78. The van der Waals surface area contributed by atoms with Crippen molar-refractivity contribution in [3.8, 4) is 0 Å². The molecule has 1 aliphatic rings. The summed E-state index contributed by atoms with van der Waals surface area (Å²) < 4.78 is 4.76. The van der Waals surface area contributed by atoms with Crippen molar-refractivity contribution < 1.29 is 9.53 Å². The molecule has 0 bridgehead atoms. The number of aryl methyl sites for hydroxylation is 2. The molecule has 0 aromatic heterocycles. The highest BCUT2D eigenvalue weighted by molar-refractivity contribution is 5.70. The number of hydrogen-bond donors (Lipinski definition) is 1. The van der Waals surface area contributed by atoms with Crippen LogP contribution in [0.25, 0.3) is 0 Å². The SMILES string of the molecule is CCNC(CC(=O)OC)Cc1ccc2c(c1)CCC2. The molecule has 3 heteroatoms. The minimum Gasteiger partial charge on any atom is -0.469 e. The number of likely N-dealkylation sites (N-methyl/N-ethyl adjacent to an activating group) is 1. The number of rotatable bonds is 6. The van der Waals surface area contributed by atoms with Gasteiger partial charge in [-0.3, -0.25) is 4.79 Å². The van der Waals surface area contributed by atoms with Gasteiger partial charge in [0.05, 0.1) is 13.5 Å². The van der Waals surface area contributed by atoms with E-state index in [0.717, 1.165) is 13.0 Å². The Hall–Kier alpha value is -1.35. The van der Waals surface area contributed by atoms with Crippen LogP contribution in [0.15, 0.2) is 18.2 Å². The lowest BCUT2D eigenvalue weighted by Crippen LogP contribution is -2.33. The number of hydrogen-bond acceptors (Lipinski definition) is 3. The second-order valence-corrected chi connectivity index (χ2v) is 5.20. The predicted molar refractivity (Wildman–Crippen MR) is 76.3 cm³/mol. The smallest absolute Gasteiger partial charge is 0.307 e. The number of methoxy groups -OCH3 is 1. The fourth-order valence-electron chi connectivity index (χ4n) is 2.83. The summed E-state index contributed by atoms with van der Waals surface area (Å²) in [5.74, 6) is -0.146. The first-order chi connectivity index (χ1) is 9.22. The molecule has 0 fully saturated rings. The van der Waals surface area contributed by atoms with Gasteiger partial charge in [-0.05, 0) is 48.9 Å². The highest BCUT2D eigenvalue weighted by Gasteiger charge is 2.16. The molecule has 0 radical (unpaired) electrons. The van der Waals surface area contributed by atoms with Gasteiger partial charge in [0, 0.05) is 6.04 Å². The summed E-state index contributed by atoms with van der Waals surface area (Å²) in [6, 6.07) is 6.92. The summed E-state index contributed by atoms with van der Waals surface area (Å²) in [6.45, 7) is 2.93. The highest BCUT2D eigenvalue weighted by Crippen LogP contribution is 2.23. The molecule has 0 aliphatic heterocycles. The van der Waals surface area contributed by atoms with Crippen molar-refractivity contribution in [2.45, 2.75) is 45.1 Å². The van der Waals surface area contributed by atoms with Crippen LogP contribution in [-0.4, -0.2) is 25.7 Å².